The lowest BCUT2D eigenvalue weighted by molar-refractivity contribution is 0.0712. The Balaban J connectivity index is 1.58. The molecular formula is C17H20N2O4S2. The standard InChI is InChI=1S/C17H20N2O4S2/c1-23-15-2-4-16(5-3-15)25(21,22)18-14-6-9-19(10-7-14)17(20)13-8-11-24-12-13/h2-5,8,11-12,14,18H,6-7,9-10H2,1H3. The van der Waals surface area contributed by atoms with Crippen molar-refractivity contribution in [3.05, 3.63) is 46.7 Å². The minimum absolute atomic E-state index is 0.0118. The van der Waals surface area contributed by atoms with Gasteiger partial charge in [-0.3, -0.25) is 4.79 Å². The summed E-state index contributed by atoms with van der Waals surface area (Å²) >= 11 is 1.49. The largest absolute Gasteiger partial charge is 0.497 e. The predicted molar refractivity (Wildman–Crippen MR) is 96.6 cm³/mol. The van der Waals surface area contributed by atoms with Crippen LogP contribution >= 0.6 is 11.3 Å². The van der Waals surface area contributed by atoms with E-state index in [9.17, 15) is 13.2 Å². The second kappa shape index (κ2) is 7.55. The summed E-state index contributed by atoms with van der Waals surface area (Å²) in [5, 5.41) is 3.71. The Morgan fingerprint density at radius 1 is 1.20 bits per heavy atom. The van der Waals surface area contributed by atoms with E-state index in [2.05, 4.69) is 4.72 Å². The van der Waals surface area contributed by atoms with Gasteiger partial charge in [0.05, 0.1) is 17.6 Å². The summed E-state index contributed by atoms with van der Waals surface area (Å²) in [5.74, 6) is 0.622. The zero-order valence-electron chi connectivity index (χ0n) is 13.8. The third-order valence-corrected chi connectivity index (χ3v) is 6.46. The number of nitrogens with one attached hydrogen (secondary N) is 1. The molecule has 1 N–H and O–H groups in total. The zero-order chi connectivity index (χ0) is 17.9. The average molecular weight is 380 g/mol. The minimum atomic E-state index is -3.57. The van der Waals surface area contributed by atoms with E-state index in [-0.39, 0.29) is 16.8 Å². The highest BCUT2D eigenvalue weighted by Gasteiger charge is 2.27. The van der Waals surface area contributed by atoms with Crippen LogP contribution in [-0.4, -0.2) is 45.5 Å². The molecule has 134 valence electrons. The van der Waals surface area contributed by atoms with Gasteiger partial charge in [0.25, 0.3) is 5.91 Å². The van der Waals surface area contributed by atoms with Crippen LogP contribution in [-0.2, 0) is 10.0 Å². The number of carbonyl (C=O) groups is 1. The molecule has 2 heterocycles. The maximum atomic E-state index is 12.5. The number of hydrogen-bond donors (Lipinski definition) is 1. The smallest absolute Gasteiger partial charge is 0.254 e. The van der Waals surface area contributed by atoms with Crippen LogP contribution in [0.5, 0.6) is 5.75 Å². The van der Waals surface area contributed by atoms with Crippen LogP contribution in [0.1, 0.15) is 23.2 Å². The molecule has 0 spiro atoms. The number of piperidine rings is 1. The summed E-state index contributed by atoms with van der Waals surface area (Å²) in [6.45, 7) is 1.09. The number of nitrogens with zero attached hydrogens (tertiary/aromatic N) is 1. The zero-order valence-corrected chi connectivity index (χ0v) is 15.5. The number of carbonyl (C=O) groups excluding carboxylic acids is 1. The molecule has 0 bridgehead atoms. The highest BCUT2D eigenvalue weighted by atomic mass is 32.2. The predicted octanol–water partition coefficient (Wildman–Crippen LogP) is 2.34. The molecule has 1 saturated heterocycles. The molecule has 0 saturated carbocycles. The van der Waals surface area contributed by atoms with Crippen LogP contribution < -0.4 is 9.46 Å². The molecule has 2 aromatic rings. The van der Waals surface area contributed by atoms with Gasteiger partial charge in [0.15, 0.2) is 0 Å². The molecule has 25 heavy (non-hydrogen) atoms. The number of hydrogen-bond acceptors (Lipinski definition) is 5. The van der Waals surface area contributed by atoms with Crippen LogP contribution in [0.4, 0.5) is 0 Å². The molecule has 8 heteroatoms. The molecule has 6 nitrogen and oxygen atoms in total. The Morgan fingerprint density at radius 3 is 2.44 bits per heavy atom. The summed E-state index contributed by atoms with van der Waals surface area (Å²) in [6.07, 6.45) is 1.20. The van der Waals surface area contributed by atoms with Crippen molar-refractivity contribution in [3.63, 3.8) is 0 Å². The van der Waals surface area contributed by atoms with E-state index in [0.717, 1.165) is 0 Å². The molecule has 1 aromatic carbocycles. The summed E-state index contributed by atoms with van der Waals surface area (Å²) in [7, 11) is -2.04. The average Bonchev–Trinajstić information content (AvgIpc) is 3.16. The van der Waals surface area contributed by atoms with Crippen molar-refractivity contribution in [1.29, 1.82) is 0 Å². The van der Waals surface area contributed by atoms with Crippen LogP contribution in [0.15, 0.2) is 46.0 Å². The van der Waals surface area contributed by atoms with Crippen molar-refractivity contribution in [2.75, 3.05) is 20.2 Å². The molecule has 1 aliphatic rings. The highest BCUT2D eigenvalue weighted by molar-refractivity contribution is 7.89. The van der Waals surface area contributed by atoms with E-state index >= 15 is 0 Å². The van der Waals surface area contributed by atoms with E-state index in [1.54, 1.807) is 17.0 Å². The molecule has 0 unspecified atom stereocenters. The monoisotopic (exact) mass is 380 g/mol. The molecule has 1 aromatic heterocycles. The normalized spacial score (nSPS) is 16.0. The van der Waals surface area contributed by atoms with Gasteiger partial charge in [0.2, 0.25) is 10.0 Å². The second-order valence-electron chi connectivity index (χ2n) is 5.88. The van der Waals surface area contributed by atoms with Crippen LogP contribution in [0, 0.1) is 0 Å². The van der Waals surface area contributed by atoms with E-state index < -0.39 is 10.0 Å². The van der Waals surface area contributed by atoms with Crippen molar-refractivity contribution >= 4 is 27.3 Å². The summed E-state index contributed by atoms with van der Waals surface area (Å²) in [5.41, 5.74) is 0.697. The van der Waals surface area contributed by atoms with Crippen LogP contribution in [0.2, 0.25) is 0 Å². The van der Waals surface area contributed by atoms with Crippen molar-refractivity contribution < 1.29 is 17.9 Å². The molecule has 0 radical (unpaired) electrons. The second-order valence-corrected chi connectivity index (χ2v) is 8.37. The van der Waals surface area contributed by atoms with Crippen LogP contribution in [0.25, 0.3) is 0 Å². The van der Waals surface area contributed by atoms with Gasteiger partial charge in [0, 0.05) is 24.5 Å². The van der Waals surface area contributed by atoms with Gasteiger partial charge in [-0.1, -0.05) is 0 Å². The number of thiophene rings is 1. The summed E-state index contributed by atoms with van der Waals surface area (Å²) in [4.78, 5) is 14.3. The summed E-state index contributed by atoms with van der Waals surface area (Å²) < 4.78 is 32.7. The lowest BCUT2D eigenvalue weighted by Gasteiger charge is -2.32. The molecular weight excluding hydrogens is 360 g/mol. The molecule has 1 amide bonds. The maximum absolute atomic E-state index is 12.5. The third kappa shape index (κ3) is 4.20. The first-order valence-electron chi connectivity index (χ1n) is 7.97. The van der Waals surface area contributed by atoms with E-state index in [0.29, 0.717) is 37.2 Å². The Kier molecular flexibility index (Phi) is 5.41. The number of methoxy groups -OCH3 is 1. The van der Waals surface area contributed by atoms with E-state index in [4.69, 9.17) is 4.74 Å². The first-order valence-corrected chi connectivity index (χ1v) is 10.4. The molecule has 1 aliphatic heterocycles. The quantitative estimate of drug-likeness (QED) is 0.864. The maximum Gasteiger partial charge on any atom is 0.254 e. The van der Waals surface area contributed by atoms with E-state index in [1.807, 2.05) is 16.8 Å². The Morgan fingerprint density at radius 2 is 1.88 bits per heavy atom. The van der Waals surface area contributed by atoms with Gasteiger partial charge in [-0.2, -0.15) is 11.3 Å². The van der Waals surface area contributed by atoms with Gasteiger partial charge < -0.3 is 9.64 Å². The third-order valence-electron chi connectivity index (χ3n) is 4.24. The van der Waals surface area contributed by atoms with Gasteiger partial charge >= 0.3 is 0 Å². The van der Waals surface area contributed by atoms with Crippen molar-refractivity contribution in [2.24, 2.45) is 0 Å². The first kappa shape index (κ1) is 17.9. The molecule has 0 aliphatic carbocycles. The topological polar surface area (TPSA) is 75.7 Å². The van der Waals surface area contributed by atoms with Gasteiger partial charge in [-0.25, -0.2) is 13.1 Å². The van der Waals surface area contributed by atoms with Crippen molar-refractivity contribution in [3.8, 4) is 5.75 Å². The fourth-order valence-electron chi connectivity index (χ4n) is 2.81. The first-order chi connectivity index (χ1) is 12.0. The molecule has 1 fully saturated rings. The number of benzene rings is 1. The lowest BCUT2D eigenvalue weighted by atomic mass is 10.1. The van der Waals surface area contributed by atoms with Crippen LogP contribution in [0.3, 0.4) is 0 Å². The fourth-order valence-corrected chi connectivity index (χ4v) is 4.75. The number of sulfonamides is 1. The van der Waals surface area contributed by atoms with Gasteiger partial charge in [-0.15, -0.1) is 0 Å². The minimum Gasteiger partial charge on any atom is -0.497 e. The number of rotatable bonds is 5. The van der Waals surface area contributed by atoms with E-state index in [1.165, 1.54) is 30.6 Å². The Labute approximate surface area is 151 Å². The summed E-state index contributed by atoms with van der Waals surface area (Å²) in [6, 6.07) is 7.93. The molecule has 0 atom stereocenters. The van der Waals surface area contributed by atoms with Gasteiger partial charge in [0.1, 0.15) is 5.75 Å². The highest BCUT2D eigenvalue weighted by Crippen LogP contribution is 2.19. The number of likely N-dealkylation sites (tertiary alicyclic amines) is 1. The number of amides is 1. The SMILES string of the molecule is COc1ccc(S(=O)(=O)NC2CCN(C(=O)c3ccsc3)CC2)cc1. The molecule has 3 rings (SSSR count). The Bertz CT molecular complexity index is 809. The van der Waals surface area contributed by atoms with Crippen molar-refractivity contribution in [2.45, 2.75) is 23.8 Å². The Hall–Kier alpha value is -1.90. The lowest BCUT2D eigenvalue weighted by Crippen LogP contribution is -2.46. The number of ether oxygens (including phenoxy) is 1. The van der Waals surface area contributed by atoms with Gasteiger partial charge in [-0.05, 0) is 48.6 Å². The van der Waals surface area contributed by atoms with Crippen molar-refractivity contribution in [1.82, 2.24) is 9.62 Å². The fraction of sp³-hybridized carbons (Fsp3) is 0.353.